The Morgan fingerprint density at radius 3 is 2.50 bits per heavy atom. The first-order chi connectivity index (χ1) is 9.23. The molecule has 0 spiro atoms. The predicted octanol–water partition coefficient (Wildman–Crippen LogP) is 3.15. The van der Waals surface area contributed by atoms with Crippen molar-refractivity contribution in [1.82, 2.24) is 4.31 Å². The van der Waals surface area contributed by atoms with Crippen LogP contribution in [-0.4, -0.2) is 25.3 Å². The molecule has 20 heavy (non-hydrogen) atoms. The SMILES string of the molecule is Cc1c(N)cc(Br)cc1S(=O)(=O)N(CC(C)C)C1CC1. The lowest BCUT2D eigenvalue weighted by Gasteiger charge is -2.25. The fraction of sp³-hybridized carbons (Fsp3) is 0.571. The summed E-state index contributed by atoms with van der Waals surface area (Å²) >= 11 is 3.33. The third-order valence-electron chi connectivity index (χ3n) is 3.45. The summed E-state index contributed by atoms with van der Waals surface area (Å²) in [5, 5.41) is 0. The zero-order valence-electron chi connectivity index (χ0n) is 12.1. The highest BCUT2D eigenvalue weighted by Crippen LogP contribution is 2.35. The van der Waals surface area contributed by atoms with Gasteiger partial charge in [0.25, 0.3) is 0 Å². The van der Waals surface area contributed by atoms with Crippen molar-refractivity contribution in [3.63, 3.8) is 0 Å². The zero-order chi connectivity index (χ0) is 15.1. The van der Waals surface area contributed by atoms with Crippen LogP contribution in [0.3, 0.4) is 0 Å². The van der Waals surface area contributed by atoms with Gasteiger partial charge in [0, 0.05) is 22.7 Å². The summed E-state index contributed by atoms with van der Waals surface area (Å²) in [6.07, 6.45) is 1.91. The monoisotopic (exact) mass is 360 g/mol. The summed E-state index contributed by atoms with van der Waals surface area (Å²) in [7, 11) is -3.49. The fourth-order valence-electron chi connectivity index (χ4n) is 2.23. The molecular formula is C14H21BrN2O2S. The second kappa shape index (κ2) is 5.66. The van der Waals surface area contributed by atoms with Gasteiger partial charge < -0.3 is 5.73 Å². The largest absolute Gasteiger partial charge is 0.398 e. The molecular weight excluding hydrogens is 340 g/mol. The van der Waals surface area contributed by atoms with E-state index in [0.717, 1.165) is 12.8 Å². The second-order valence-corrected chi connectivity index (χ2v) is 8.59. The van der Waals surface area contributed by atoms with Crippen molar-refractivity contribution < 1.29 is 8.42 Å². The van der Waals surface area contributed by atoms with E-state index in [-0.39, 0.29) is 6.04 Å². The van der Waals surface area contributed by atoms with Crippen molar-refractivity contribution in [1.29, 1.82) is 0 Å². The molecule has 0 saturated heterocycles. The van der Waals surface area contributed by atoms with Gasteiger partial charge in [-0.25, -0.2) is 8.42 Å². The molecule has 112 valence electrons. The number of benzene rings is 1. The summed E-state index contributed by atoms with van der Waals surface area (Å²) in [5.41, 5.74) is 7.02. The Labute approximate surface area is 129 Å². The molecule has 1 aromatic carbocycles. The molecule has 1 aliphatic rings. The van der Waals surface area contributed by atoms with Crippen LogP contribution < -0.4 is 5.73 Å². The van der Waals surface area contributed by atoms with Crippen LogP contribution >= 0.6 is 15.9 Å². The van der Waals surface area contributed by atoms with Crippen LogP contribution in [0, 0.1) is 12.8 Å². The van der Waals surface area contributed by atoms with Crippen molar-refractivity contribution in [2.24, 2.45) is 5.92 Å². The molecule has 0 aliphatic heterocycles. The van der Waals surface area contributed by atoms with Crippen LogP contribution in [0.2, 0.25) is 0 Å². The number of nitrogen functional groups attached to an aromatic ring is 1. The van der Waals surface area contributed by atoms with Crippen LogP contribution in [0.1, 0.15) is 32.3 Å². The van der Waals surface area contributed by atoms with Gasteiger partial charge in [-0.3, -0.25) is 0 Å². The molecule has 0 amide bonds. The summed E-state index contributed by atoms with van der Waals surface area (Å²) in [6.45, 7) is 6.38. The first-order valence-corrected chi connectivity index (χ1v) is 9.04. The minimum Gasteiger partial charge on any atom is -0.398 e. The second-order valence-electron chi connectivity index (χ2n) is 5.82. The molecule has 0 unspecified atom stereocenters. The Morgan fingerprint density at radius 2 is 2.00 bits per heavy atom. The average molecular weight is 361 g/mol. The third kappa shape index (κ3) is 3.18. The van der Waals surface area contributed by atoms with Crippen molar-refractivity contribution in [2.75, 3.05) is 12.3 Å². The molecule has 1 fully saturated rings. The van der Waals surface area contributed by atoms with Crippen LogP contribution in [0.5, 0.6) is 0 Å². The van der Waals surface area contributed by atoms with E-state index in [1.54, 1.807) is 23.4 Å². The van der Waals surface area contributed by atoms with Gasteiger partial charge in [0.1, 0.15) is 0 Å². The predicted molar refractivity (Wildman–Crippen MR) is 85.0 cm³/mol. The number of hydrogen-bond acceptors (Lipinski definition) is 3. The number of nitrogens with two attached hydrogens (primary N) is 1. The Bertz CT molecular complexity index is 610. The van der Waals surface area contributed by atoms with Crippen LogP contribution in [0.15, 0.2) is 21.5 Å². The molecule has 0 bridgehead atoms. The normalized spacial score (nSPS) is 16.1. The maximum Gasteiger partial charge on any atom is 0.243 e. The van der Waals surface area contributed by atoms with Gasteiger partial charge in [-0.05, 0) is 43.4 Å². The molecule has 0 aromatic heterocycles. The molecule has 0 radical (unpaired) electrons. The first kappa shape index (κ1) is 15.8. The van der Waals surface area contributed by atoms with Crippen molar-refractivity contribution >= 4 is 31.6 Å². The van der Waals surface area contributed by atoms with E-state index in [9.17, 15) is 8.42 Å². The van der Waals surface area contributed by atoms with Crippen LogP contribution in [-0.2, 0) is 10.0 Å². The third-order valence-corrected chi connectivity index (χ3v) is 5.95. The van der Waals surface area contributed by atoms with Gasteiger partial charge in [-0.2, -0.15) is 4.31 Å². The minimum atomic E-state index is -3.49. The number of sulfonamides is 1. The number of halogens is 1. The number of anilines is 1. The van der Waals surface area contributed by atoms with Crippen LogP contribution in [0.4, 0.5) is 5.69 Å². The standard InChI is InChI=1S/C14H21BrN2O2S/c1-9(2)8-17(12-4-5-12)20(18,19)14-7-11(15)6-13(16)10(14)3/h6-7,9,12H,4-5,8,16H2,1-3H3. The average Bonchev–Trinajstić information content (AvgIpc) is 3.14. The highest BCUT2D eigenvalue weighted by Gasteiger charge is 2.39. The van der Waals surface area contributed by atoms with Gasteiger partial charge in [0.05, 0.1) is 4.90 Å². The van der Waals surface area contributed by atoms with E-state index in [2.05, 4.69) is 15.9 Å². The van der Waals surface area contributed by atoms with Gasteiger partial charge in [0.15, 0.2) is 0 Å². The zero-order valence-corrected chi connectivity index (χ0v) is 14.5. The summed E-state index contributed by atoms with van der Waals surface area (Å²) in [5.74, 6) is 0.301. The summed E-state index contributed by atoms with van der Waals surface area (Å²) < 4.78 is 28.2. The van der Waals surface area contributed by atoms with E-state index in [1.165, 1.54) is 0 Å². The summed E-state index contributed by atoms with van der Waals surface area (Å²) in [6, 6.07) is 3.54. The Balaban J connectivity index is 2.48. The fourth-order valence-corrected chi connectivity index (χ4v) is 4.99. The molecule has 4 nitrogen and oxygen atoms in total. The maximum absolute atomic E-state index is 12.9. The number of hydrogen-bond donors (Lipinski definition) is 1. The van der Waals surface area contributed by atoms with Gasteiger partial charge in [-0.1, -0.05) is 29.8 Å². The van der Waals surface area contributed by atoms with Gasteiger partial charge in [-0.15, -0.1) is 0 Å². The Kier molecular flexibility index (Phi) is 4.47. The summed E-state index contributed by atoms with van der Waals surface area (Å²) in [4.78, 5) is 0.317. The molecule has 2 rings (SSSR count). The smallest absolute Gasteiger partial charge is 0.243 e. The number of rotatable bonds is 5. The molecule has 6 heteroatoms. The van der Waals surface area contributed by atoms with Gasteiger partial charge >= 0.3 is 0 Å². The lowest BCUT2D eigenvalue weighted by molar-refractivity contribution is 0.360. The lowest BCUT2D eigenvalue weighted by atomic mass is 10.2. The van der Waals surface area contributed by atoms with Crippen molar-refractivity contribution in [2.45, 2.75) is 44.6 Å². The topological polar surface area (TPSA) is 63.4 Å². The molecule has 1 aliphatic carbocycles. The van der Waals surface area contributed by atoms with E-state index >= 15 is 0 Å². The highest BCUT2D eigenvalue weighted by atomic mass is 79.9. The molecule has 0 atom stereocenters. The Hall–Kier alpha value is -0.590. The molecule has 1 saturated carbocycles. The van der Waals surface area contributed by atoms with E-state index in [1.807, 2.05) is 13.8 Å². The quantitative estimate of drug-likeness (QED) is 0.820. The minimum absolute atomic E-state index is 0.155. The van der Waals surface area contributed by atoms with Crippen molar-refractivity contribution in [3.8, 4) is 0 Å². The number of nitrogens with zero attached hydrogens (tertiary/aromatic N) is 1. The lowest BCUT2D eigenvalue weighted by Crippen LogP contribution is -2.36. The molecule has 2 N–H and O–H groups in total. The van der Waals surface area contributed by atoms with E-state index in [4.69, 9.17) is 5.73 Å². The maximum atomic E-state index is 12.9. The van der Waals surface area contributed by atoms with Crippen LogP contribution in [0.25, 0.3) is 0 Å². The van der Waals surface area contributed by atoms with Crippen molar-refractivity contribution in [3.05, 3.63) is 22.2 Å². The van der Waals surface area contributed by atoms with Gasteiger partial charge in [0.2, 0.25) is 10.0 Å². The molecule has 0 heterocycles. The first-order valence-electron chi connectivity index (χ1n) is 6.81. The Morgan fingerprint density at radius 1 is 1.40 bits per heavy atom. The molecule has 1 aromatic rings. The van der Waals surface area contributed by atoms with E-state index in [0.29, 0.717) is 33.1 Å². The highest BCUT2D eigenvalue weighted by molar-refractivity contribution is 9.10. The van der Waals surface area contributed by atoms with E-state index < -0.39 is 10.0 Å².